The van der Waals surface area contributed by atoms with Crippen LogP contribution < -0.4 is 0 Å². The van der Waals surface area contributed by atoms with Crippen LogP contribution in [0.3, 0.4) is 0 Å². The highest BCUT2D eigenvalue weighted by Gasteiger charge is 2.09. The number of rotatable bonds is 3. The molecule has 0 N–H and O–H groups in total. The molecule has 9 heavy (non-hydrogen) atoms. The molecule has 3 nitrogen and oxygen atoms in total. The Labute approximate surface area is 62.6 Å². The standard InChI is InChI=1S/B5N2OP/c1-6(2)9(8-5)7(3)4. The molecule has 0 atom stereocenters. The third kappa shape index (κ3) is 3.36. The van der Waals surface area contributed by atoms with Crippen molar-refractivity contribution < 1.29 is 4.44 Å². The van der Waals surface area contributed by atoms with Crippen LogP contribution in [0.5, 0.6) is 0 Å². The summed E-state index contributed by atoms with van der Waals surface area (Å²) in [7, 11) is 23.0. The van der Waals surface area contributed by atoms with Gasteiger partial charge < -0.3 is 13.4 Å². The van der Waals surface area contributed by atoms with Gasteiger partial charge in [0.25, 0.3) is 8.05 Å². The third-order valence-electron chi connectivity index (χ3n) is 0.489. The Morgan fingerprint density at radius 1 is 1.00 bits per heavy atom. The smallest absolute Gasteiger partial charge is 0.292 e. The van der Waals surface area contributed by atoms with Gasteiger partial charge in [0.15, 0.2) is 31.9 Å². The van der Waals surface area contributed by atoms with E-state index in [1.165, 1.54) is 0 Å². The van der Waals surface area contributed by atoms with Crippen molar-refractivity contribution >= 4 is 48.4 Å². The van der Waals surface area contributed by atoms with Gasteiger partial charge in [-0.05, 0) is 0 Å². The molecule has 0 saturated carbocycles. The quantitative estimate of drug-likeness (QED) is 0.332. The van der Waals surface area contributed by atoms with Crippen LogP contribution in [0.2, 0.25) is 0 Å². The molecule has 0 aliphatic rings. The zero-order chi connectivity index (χ0) is 7.44. The summed E-state index contributed by atoms with van der Waals surface area (Å²) < 4.78 is 5.57. The van der Waals surface area contributed by atoms with E-state index in [-0.39, 0.29) is 0 Å². The lowest BCUT2D eigenvalue weighted by Gasteiger charge is -2.30. The van der Waals surface area contributed by atoms with E-state index in [0.717, 1.165) is 0 Å². The highest BCUT2D eigenvalue weighted by atomic mass is 31.2. The molecule has 0 spiro atoms. The molecule has 10 radical (unpaired) electrons. The van der Waals surface area contributed by atoms with Crippen molar-refractivity contribution in [2.24, 2.45) is 0 Å². The largest absolute Gasteiger partial charge is 0.408 e. The van der Waals surface area contributed by atoms with Crippen LogP contribution in [0.25, 0.3) is 0 Å². The van der Waals surface area contributed by atoms with Gasteiger partial charge in [-0.3, -0.25) is 0 Å². The Morgan fingerprint density at radius 3 is 1.33 bits per heavy atom. The summed E-state index contributed by atoms with van der Waals surface area (Å²) in [5.74, 6) is 0. The van der Waals surface area contributed by atoms with Crippen molar-refractivity contribution in [1.29, 1.82) is 0 Å². The summed E-state index contributed by atoms with van der Waals surface area (Å²) in [5, 5.41) is 0. The van der Waals surface area contributed by atoms with Gasteiger partial charge in [0, 0.05) is 0 Å². The van der Waals surface area contributed by atoms with Crippen LogP contribution in [0.4, 0.5) is 0 Å². The van der Waals surface area contributed by atoms with E-state index >= 15 is 0 Å². The summed E-state index contributed by atoms with van der Waals surface area (Å²) in [4.78, 5) is 0. The molecule has 0 rings (SSSR count). The number of hydrogen-bond acceptors (Lipinski definition) is 3. The van der Waals surface area contributed by atoms with Crippen molar-refractivity contribution in [1.82, 2.24) is 8.98 Å². The van der Waals surface area contributed by atoms with Gasteiger partial charge in [0.1, 0.15) is 8.45 Å². The van der Waals surface area contributed by atoms with Crippen molar-refractivity contribution in [3.63, 3.8) is 0 Å². The summed E-state index contributed by atoms with van der Waals surface area (Å²) in [6.45, 7) is 0. The fourth-order valence-electron chi connectivity index (χ4n) is 0.228. The minimum absolute atomic E-state index is 0.690. The maximum Gasteiger partial charge on any atom is 0.292 e. The van der Waals surface area contributed by atoms with Gasteiger partial charge in [0.05, 0.1) is 0 Å². The molecule has 0 amide bonds. The average Bonchev–Trinajstić information content (AvgIpc) is 1.64. The lowest BCUT2D eigenvalue weighted by molar-refractivity contribution is 0.631. The SMILES string of the molecule is [B]OP(N([B])[B])N([B])[B]. The highest BCUT2D eigenvalue weighted by Crippen LogP contribution is 2.37. The summed E-state index contributed by atoms with van der Waals surface area (Å²) >= 11 is 0. The fourth-order valence-corrected chi connectivity index (χ4v) is 0.684. The van der Waals surface area contributed by atoms with Gasteiger partial charge in [-0.25, -0.2) is 0 Å². The Balaban J connectivity index is 3.68. The van der Waals surface area contributed by atoms with Crippen molar-refractivity contribution in [3.05, 3.63) is 0 Å². The zero-order valence-corrected chi connectivity index (χ0v) is 5.53. The first-order valence-corrected chi connectivity index (χ1v) is 3.02. The minimum Gasteiger partial charge on any atom is -0.408 e. The van der Waals surface area contributed by atoms with Crippen LogP contribution in [0, 0.1) is 0 Å². The molecule has 0 bridgehead atoms. The zero-order valence-electron chi connectivity index (χ0n) is 4.64. The maximum absolute atomic E-state index is 4.98. The molecule has 0 aliphatic heterocycles. The van der Waals surface area contributed by atoms with Crippen LogP contribution in [0.1, 0.15) is 0 Å². The topological polar surface area (TPSA) is 15.7 Å². The van der Waals surface area contributed by atoms with E-state index < -0.39 is 8.45 Å². The molecular formula is B5N2OP. The second-order valence-electron chi connectivity index (χ2n) is 1.12. The number of hydrogen-bond donors (Lipinski definition) is 0. The predicted molar refractivity (Wildman–Crippen MR) is 40.5 cm³/mol. The van der Waals surface area contributed by atoms with Crippen LogP contribution in [-0.2, 0) is 4.44 Å². The second-order valence-corrected chi connectivity index (χ2v) is 2.76. The van der Waals surface area contributed by atoms with Gasteiger partial charge in [-0.2, -0.15) is 0 Å². The van der Waals surface area contributed by atoms with E-state index in [9.17, 15) is 0 Å². The Morgan fingerprint density at radius 2 is 1.33 bits per heavy atom. The van der Waals surface area contributed by atoms with E-state index in [4.69, 9.17) is 40.0 Å². The molecule has 36 valence electrons. The molecule has 0 unspecified atom stereocenters. The molecule has 0 fully saturated rings. The molecule has 0 saturated heterocycles. The number of nitrogens with zero attached hydrogens (tertiary/aromatic N) is 2. The van der Waals surface area contributed by atoms with Crippen molar-refractivity contribution in [2.75, 3.05) is 0 Å². The molecule has 0 heterocycles. The molecule has 9 heteroatoms. The van der Waals surface area contributed by atoms with Gasteiger partial charge in [0.2, 0.25) is 0 Å². The maximum atomic E-state index is 4.98. The fraction of sp³-hybridized carbons (Fsp3) is 0. The summed E-state index contributed by atoms with van der Waals surface area (Å²) in [6, 6.07) is 0. The molecule has 0 aliphatic carbocycles. The first-order valence-electron chi connectivity index (χ1n) is 1.85. The lowest BCUT2D eigenvalue weighted by Crippen LogP contribution is -2.22. The average molecular weight is 129 g/mol. The molecular weight excluding hydrogens is 129 g/mol. The first-order chi connectivity index (χ1) is 4.09. The van der Waals surface area contributed by atoms with Crippen LogP contribution in [-0.4, -0.2) is 49.0 Å². The first kappa shape index (κ1) is 9.63. The Bertz CT molecular complexity index is 69.4. The molecule has 0 aromatic heterocycles. The van der Waals surface area contributed by atoms with Gasteiger partial charge in [-0.15, -0.1) is 0 Å². The highest BCUT2D eigenvalue weighted by molar-refractivity contribution is 7.53. The van der Waals surface area contributed by atoms with Crippen LogP contribution in [0.15, 0.2) is 0 Å². The third-order valence-corrected chi connectivity index (χ3v) is 1.47. The van der Waals surface area contributed by atoms with Crippen molar-refractivity contribution in [2.45, 2.75) is 0 Å². The molecule has 0 aromatic carbocycles. The summed E-state index contributed by atoms with van der Waals surface area (Å²) in [5.41, 5.74) is 0. The normalized spacial score (nSPS) is 11.4. The van der Waals surface area contributed by atoms with E-state index in [1.807, 2.05) is 0 Å². The Hall–Kier alpha value is 0.635. The van der Waals surface area contributed by atoms with Crippen molar-refractivity contribution in [3.8, 4) is 0 Å². The molecule has 0 aromatic rings. The monoisotopic (exact) mass is 130 g/mol. The van der Waals surface area contributed by atoms with Crippen LogP contribution >= 0.6 is 8.45 Å². The van der Waals surface area contributed by atoms with E-state index in [2.05, 4.69) is 4.44 Å². The van der Waals surface area contributed by atoms with E-state index in [0.29, 0.717) is 8.98 Å². The van der Waals surface area contributed by atoms with Gasteiger partial charge >= 0.3 is 0 Å². The second kappa shape index (κ2) is 4.45. The summed E-state index contributed by atoms with van der Waals surface area (Å²) in [6.07, 6.45) is 0. The lowest BCUT2D eigenvalue weighted by atomic mass is 10.3. The van der Waals surface area contributed by atoms with E-state index in [1.54, 1.807) is 0 Å². The Kier molecular flexibility index (Phi) is 4.76. The predicted octanol–water partition coefficient (Wildman–Crippen LogP) is -1.75. The minimum atomic E-state index is -1.62. The van der Waals surface area contributed by atoms with Gasteiger partial charge in [-0.1, -0.05) is 0 Å².